The van der Waals surface area contributed by atoms with Crippen molar-refractivity contribution in [3.8, 4) is 5.75 Å². The van der Waals surface area contributed by atoms with E-state index < -0.39 is 0 Å². The Balaban J connectivity index is 2.55. The second-order valence-electron chi connectivity index (χ2n) is 4.92. The molecule has 1 aromatic carbocycles. The average Bonchev–Trinajstić information content (AvgIpc) is 2.16. The first-order chi connectivity index (χ1) is 7.49. The third kappa shape index (κ3) is 4.23. The van der Waals surface area contributed by atoms with Gasteiger partial charge in [0, 0.05) is 6.04 Å². The summed E-state index contributed by atoms with van der Waals surface area (Å²) in [5.41, 5.74) is 6.93. The molecule has 0 bridgehead atoms. The van der Waals surface area contributed by atoms with Gasteiger partial charge in [0.1, 0.15) is 5.75 Å². The van der Waals surface area contributed by atoms with Crippen LogP contribution >= 0.6 is 0 Å². The minimum absolute atomic E-state index is 0.0853. The first-order valence-corrected chi connectivity index (χ1v) is 6.01. The topological polar surface area (TPSA) is 35.2 Å². The van der Waals surface area contributed by atoms with Crippen molar-refractivity contribution in [1.82, 2.24) is 0 Å². The first-order valence-electron chi connectivity index (χ1n) is 6.01. The van der Waals surface area contributed by atoms with Crippen LogP contribution in [0.15, 0.2) is 24.3 Å². The first kappa shape index (κ1) is 13.0. The predicted octanol–water partition coefficient (Wildman–Crippen LogP) is 3.52. The van der Waals surface area contributed by atoms with Crippen LogP contribution in [-0.2, 0) is 0 Å². The molecule has 16 heavy (non-hydrogen) atoms. The molecule has 1 aromatic rings. The van der Waals surface area contributed by atoms with E-state index in [1.165, 1.54) is 0 Å². The lowest BCUT2D eigenvalue weighted by molar-refractivity contribution is 0.193. The van der Waals surface area contributed by atoms with Gasteiger partial charge < -0.3 is 10.5 Å². The van der Waals surface area contributed by atoms with Crippen LogP contribution in [0.4, 0.5) is 0 Å². The third-order valence-electron chi connectivity index (χ3n) is 2.55. The van der Waals surface area contributed by atoms with Crippen molar-refractivity contribution in [3.05, 3.63) is 29.8 Å². The van der Waals surface area contributed by atoms with E-state index in [0.29, 0.717) is 5.92 Å². The van der Waals surface area contributed by atoms with Crippen LogP contribution in [0.5, 0.6) is 5.75 Å². The Labute approximate surface area is 98.8 Å². The van der Waals surface area contributed by atoms with E-state index in [1.807, 2.05) is 31.2 Å². The Bertz CT molecular complexity index is 303. The monoisotopic (exact) mass is 221 g/mol. The van der Waals surface area contributed by atoms with Gasteiger partial charge in [0.15, 0.2) is 0 Å². The molecule has 2 atom stereocenters. The molecule has 0 amide bonds. The predicted molar refractivity (Wildman–Crippen MR) is 68.6 cm³/mol. The van der Waals surface area contributed by atoms with Gasteiger partial charge in [-0.05, 0) is 43.9 Å². The zero-order valence-corrected chi connectivity index (χ0v) is 10.7. The number of ether oxygens (including phenoxy) is 1. The molecule has 2 heteroatoms. The highest BCUT2D eigenvalue weighted by molar-refractivity contribution is 5.28. The quantitative estimate of drug-likeness (QED) is 0.825. The highest BCUT2D eigenvalue weighted by Crippen LogP contribution is 2.18. The molecule has 0 saturated heterocycles. The smallest absolute Gasteiger partial charge is 0.119 e. The fourth-order valence-corrected chi connectivity index (χ4v) is 1.79. The van der Waals surface area contributed by atoms with Gasteiger partial charge in [-0.3, -0.25) is 0 Å². The Hall–Kier alpha value is -1.02. The number of benzene rings is 1. The number of hydrogen-bond acceptors (Lipinski definition) is 2. The summed E-state index contributed by atoms with van der Waals surface area (Å²) in [4.78, 5) is 0. The molecule has 2 N–H and O–H groups in total. The highest BCUT2D eigenvalue weighted by atomic mass is 16.5. The van der Waals surface area contributed by atoms with Crippen molar-refractivity contribution < 1.29 is 4.74 Å². The fraction of sp³-hybridized carbons (Fsp3) is 0.571. The maximum absolute atomic E-state index is 5.82. The maximum atomic E-state index is 5.82. The van der Waals surface area contributed by atoms with Gasteiger partial charge in [-0.2, -0.15) is 0 Å². The zero-order chi connectivity index (χ0) is 12.1. The second kappa shape index (κ2) is 5.90. The highest BCUT2D eigenvalue weighted by Gasteiger charge is 2.07. The van der Waals surface area contributed by atoms with Crippen LogP contribution in [0, 0.1) is 5.92 Å². The van der Waals surface area contributed by atoms with E-state index in [9.17, 15) is 0 Å². The van der Waals surface area contributed by atoms with Crippen molar-refractivity contribution in [2.75, 3.05) is 0 Å². The number of nitrogens with two attached hydrogens (primary N) is 1. The molecule has 0 aliphatic carbocycles. The van der Waals surface area contributed by atoms with Gasteiger partial charge >= 0.3 is 0 Å². The molecule has 1 rings (SSSR count). The van der Waals surface area contributed by atoms with Gasteiger partial charge in [0.05, 0.1) is 6.10 Å². The molecule has 0 heterocycles. The standard InChI is InChI=1S/C14H23NO/c1-10(2)9-11(3)16-14-7-5-13(6-8-14)12(4)15/h5-8,10-12H,9,15H2,1-4H3. The largest absolute Gasteiger partial charge is 0.491 e. The molecule has 2 unspecified atom stereocenters. The van der Waals surface area contributed by atoms with Crippen molar-refractivity contribution in [3.63, 3.8) is 0 Å². The van der Waals surface area contributed by atoms with Crippen molar-refractivity contribution in [2.45, 2.75) is 46.3 Å². The van der Waals surface area contributed by atoms with E-state index in [2.05, 4.69) is 20.8 Å². The van der Waals surface area contributed by atoms with E-state index >= 15 is 0 Å². The lowest BCUT2D eigenvalue weighted by Crippen LogP contribution is -2.14. The molecule has 0 fully saturated rings. The molecule has 2 nitrogen and oxygen atoms in total. The summed E-state index contributed by atoms with van der Waals surface area (Å²) in [6.07, 6.45) is 1.34. The SMILES string of the molecule is CC(C)CC(C)Oc1ccc(C(C)N)cc1. The Morgan fingerprint density at radius 2 is 1.62 bits per heavy atom. The maximum Gasteiger partial charge on any atom is 0.119 e. The van der Waals surface area contributed by atoms with E-state index in [0.717, 1.165) is 17.7 Å². The fourth-order valence-electron chi connectivity index (χ4n) is 1.79. The van der Waals surface area contributed by atoms with E-state index in [4.69, 9.17) is 10.5 Å². The zero-order valence-electron chi connectivity index (χ0n) is 10.7. The van der Waals surface area contributed by atoms with Crippen LogP contribution in [0.3, 0.4) is 0 Å². The van der Waals surface area contributed by atoms with Gasteiger partial charge in [0.25, 0.3) is 0 Å². The van der Waals surface area contributed by atoms with Crippen LogP contribution in [-0.4, -0.2) is 6.10 Å². The molecular weight excluding hydrogens is 198 g/mol. The molecule has 0 aliphatic rings. The lowest BCUT2D eigenvalue weighted by atomic mass is 10.1. The normalized spacial score (nSPS) is 14.9. The summed E-state index contributed by atoms with van der Waals surface area (Å²) in [6.45, 7) is 8.51. The molecule has 90 valence electrons. The van der Waals surface area contributed by atoms with Crippen LogP contribution < -0.4 is 10.5 Å². The number of hydrogen-bond donors (Lipinski definition) is 1. The minimum atomic E-state index is 0.0853. The van der Waals surface area contributed by atoms with Crippen LogP contribution in [0.25, 0.3) is 0 Å². The van der Waals surface area contributed by atoms with Crippen molar-refractivity contribution in [1.29, 1.82) is 0 Å². The average molecular weight is 221 g/mol. The van der Waals surface area contributed by atoms with Crippen molar-refractivity contribution >= 4 is 0 Å². The lowest BCUT2D eigenvalue weighted by Gasteiger charge is -2.17. The number of rotatable bonds is 5. The Kier molecular flexibility index (Phi) is 4.81. The minimum Gasteiger partial charge on any atom is -0.491 e. The molecule has 0 spiro atoms. The summed E-state index contributed by atoms with van der Waals surface area (Å²) >= 11 is 0. The Morgan fingerprint density at radius 3 is 2.06 bits per heavy atom. The van der Waals surface area contributed by atoms with Gasteiger partial charge in [-0.15, -0.1) is 0 Å². The van der Waals surface area contributed by atoms with Gasteiger partial charge in [0.2, 0.25) is 0 Å². The molecule has 0 saturated carbocycles. The van der Waals surface area contributed by atoms with Crippen LogP contribution in [0.1, 0.15) is 45.7 Å². The summed E-state index contributed by atoms with van der Waals surface area (Å²) in [7, 11) is 0. The molecular formula is C14H23NO. The van der Waals surface area contributed by atoms with E-state index in [-0.39, 0.29) is 12.1 Å². The second-order valence-corrected chi connectivity index (χ2v) is 4.92. The molecule has 0 aromatic heterocycles. The van der Waals surface area contributed by atoms with Gasteiger partial charge in [-0.1, -0.05) is 26.0 Å². The summed E-state index contributed by atoms with van der Waals surface area (Å²) in [5, 5.41) is 0. The summed E-state index contributed by atoms with van der Waals surface area (Å²) in [6, 6.07) is 8.14. The van der Waals surface area contributed by atoms with Crippen molar-refractivity contribution in [2.24, 2.45) is 11.7 Å². The summed E-state index contributed by atoms with van der Waals surface area (Å²) in [5.74, 6) is 1.59. The third-order valence-corrected chi connectivity index (χ3v) is 2.55. The molecule has 0 radical (unpaired) electrons. The molecule has 0 aliphatic heterocycles. The van der Waals surface area contributed by atoms with Gasteiger partial charge in [-0.25, -0.2) is 0 Å². The summed E-state index contributed by atoms with van der Waals surface area (Å²) < 4.78 is 5.82. The van der Waals surface area contributed by atoms with Crippen LogP contribution in [0.2, 0.25) is 0 Å². The Morgan fingerprint density at radius 1 is 1.06 bits per heavy atom. The van der Waals surface area contributed by atoms with E-state index in [1.54, 1.807) is 0 Å².